The lowest BCUT2D eigenvalue weighted by atomic mass is 10.2. The molecule has 114 valence electrons. The Morgan fingerprint density at radius 1 is 1.29 bits per heavy atom. The summed E-state index contributed by atoms with van der Waals surface area (Å²) in [6, 6.07) is 5.48. The first-order valence-corrected chi connectivity index (χ1v) is 8.17. The molecule has 0 aliphatic carbocycles. The van der Waals surface area contributed by atoms with Gasteiger partial charge >= 0.3 is 0 Å². The van der Waals surface area contributed by atoms with Gasteiger partial charge in [-0.2, -0.15) is 11.3 Å². The summed E-state index contributed by atoms with van der Waals surface area (Å²) in [6.45, 7) is 5.55. The number of halogens is 1. The minimum absolute atomic E-state index is 0.261. The van der Waals surface area contributed by atoms with Crippen LogP contribution in [0.2, 0.25) is 5.02 Å². The first-order chi connectivity index (χ1) is 10.1. The van der Waals surface area contributed by atoms with Crippen LogP contribution in [-0.2, 0) is 6.54 Å². The van der Waals surface area contributed by atoms with Crippen molar-refractivity contribution in [2.24, 2.45) is 0 Å². The van der Waals surface area contributed by atoms with Crippen LogP contribution < -0.4 is 10.1 Å². The number of hydrogen-bond acceptors (Lipinski definition) is 4. The van der Waals surface area contributed by atoms with Crippen molar-refractivity contribution in [1.82, 2.24) is 5.32 Å². The Morgan fingerprint density at radius 3 is 2.76 bits per heavy atom. The van der Waals surface area contributed by atoms with E-state index in [1.165, 1.54) is 11.1 Å². The van der Waals surface area contributed by atoms with Crippen molar-refractivity contribution in [3.05, 3.63) is 50.7 Å². The molecule has 2 N–H and O–H groups in total. The molecule has 0 bridgehead atoms. The number of aryl methyl sites for hydroxylation is 2. The van der Waals surface area contributed by atoms with Gasteiger partial charge in [0, 0.05) is 18.1 Å². The van der Waals surface area contributed by atoms with Crippen LogP contribution >= 0.6 is 22.9 Å². The molecule has 21 heavy (non-hydrogen) atoms. The number of nitrogens with one attached hydrogen (secondary N) is 1. The van der Waals surface area contributed by atoms with Crippen LogP contribution in [0.4, 0.5) is 0 Å². The highest BCUT2D eigenvalue weighted by Gasteiger charge is 2.07. The van der Waals surface area contributed by atoms with Crippen molar-refractivity contribution in [3.63, 3.8) is 0 Å². The number of thiophene rings is 1. The van der Waals surface area contributed by atoms with E-state index in [4.69, 9.17) is 16.3 Å². The van der Waals surface area contributed by atoms with E-state index in [9.17, 15) is 5.11 Å². The van der Waals surface area contributed by atoms with Crippen molar-refractivity contribution in [1.29, 1.82) is 0 Å². The molecule has 2 aromatic rings. The Bertz CT molecular complexity index is 585. The van der Waals surface area contributed by atoms with Crippen LogP contribution in [-0.4, -0.2) is 24.4 Å². The predicted molar refractivity (Wildman–Crippen MR) is 88.5 cm³/mol. The maximum absolute atomic E-state index is 9.92. The number of aliphatic hydroxyl groups excluding tert-OH is 1. The van der Waals surface area contributed by atoms with Gasteiger partial charge in [-0.3, -0.25) is 0 Å². The zero-order valence-electron chi connectivity index (χ0n) is 12.2. The van der Waals surface area contributed by atoms with Crippen molar-refractivity contribution < 1.29 is 9.84 Å². The molecule has 5 heteroatoms. The van der Waals surface area contributed by atoms with Crippen LogP contribution in [0.5, 0.6) is 5.75 Å². The molecule has 2 rings (SSSR count). The lowest BCUT2D eigenvalue weighted by Crippen LogP contribution is -2.31. The van der Waals surface area contributed by atoms with E-state index in [2.05, 4.69) is 23.0 Å². The SMILES string of the molecule is Cc1cc(OCC(O)CNCc2cscc2C)ccc1Cl. The largest absolute Gasteiger partial charge is 0.491 e. The average Bonchev–Trinajstić information content (AvgIpc) is 2.86. The zero-order chi connectivity index (χ0) is 15.2. The van der Waals surface area contributed by atoms with E-state index in [1.807, 2.05) is 19.1 Å². The third-order valence-electron chi connectivity index (χ3n) is 3.23. The summed E-state index contributed by atoms with van der Waals surface area (Å²) in [5, 5.41) is 18.1. The molecule has 0 aliphatic heterocycles. The van der Waals surface area contributed by atoms with E-state index < -0.39 is 6.10 Å². The van der Waals surface area contributed by atoms with Crippen LogP contribution in [0.15, 0.2) is 29.0 Å². The fraction of sp³-hybridized carbons (Fsp3) is 0.375. The third-order valence-corrected chi connectivity index (χ3v) is 4.56. The van der Waals surface area contributed by atoms with E-state index >= 15 is 0 Å². The van der Waals surface area contributed by atoms with Crippen molar-refractivity contribution in [3.8, 4) is 5.75 Å². The Kier molecular flexibility index (Phi) is 6.06. The van der Waals surface area contributed by atoms with Crippen molar-refractivity contribution in [2.75, 3.05) is 13.2 Å². The van der Waals surface area contributed by atoms with Crippen LogP contribution in [0.1, 0.15) is 16.7 Å². The first kappa shape index (κ1) is 16.3. The molecule has 1 unspecified atom stereocenters. The van der Waals surface area contributed by atoms with Gasteiger partial charge in [-0.15, -0.1) is 0 Å². The highest BCUT2D eigenvalue weighted by molar-refractivity contribution is 7.08. The van der Waals surface area contributed by atoms with Gasteiger partial charge in [0.15, 0.2) is 0 Å². The summed E-state index contributed by atoms with van der Waals surface area (Å²) in [4.78, 5) is 0. The number of ether oxygens (including phenoxy) is 1. The first-order valence-electron chi connectivity index (χ1n) is 6.85. The topological polar surface area (TPSA) is 41.5 Å². The molecule has 0 spiro atoms. The average molecular weight is 326 g/mol. The van der Waals surface area contributed by atoms with Gasteiger partial charge in [0.1, 0.15) is 18.5 Å². The molecule has 0 fully saturated rings. The molecule has 1 aromatic heterocycles. The number of aliphatic hydroxyl groups is 1. The Labute approximate surface area is 134 Å². The maximum Gasteiger partial charge on any atom is 0.119 e. The molecule has 0 radical (unpaired) electrons. The number of benzene rings is 1. The van der Waals surface area contributed by atoms with Gasteiger partial charge in [0.25, 0.3) is 0 Å². The Morgan fingerprint density at radius 2 is 2.10 bits per heavy atom. The molecule has 0 amide bonds. The predicted octanol–water partition coefficient (Wildman–Crippen LogP) is 3.55. The molecule has 3 nitrogen and oxygen atoms in total. The van der Waals surface area contributed by atoms with Gasteiger partial charge in [-0.1, -0.05) is 11.6 Å². The summed E-state index contributed by atoms with van der Waals surface area (Å²) < 4.78 is 5.57. The maximum atomic E-state index is 9.92. The highest BCUT2D eigenvalue weighted by Crippen LogP contribution is 2.21. The lowest BCUT2D eigenvalue weighted by molar-refractivity contribution is 0.106. The normalized spacial score (nSPS) is 12.4. The van der Waals surface area contributed by atoms with E-state index in [-0.39, 0.29) is 6.61 Å². The fourth-order valence-corrected chi connectivity index (χ4v) is 2.87. The second-order valence-corrected chi connectivity index (χ2v) is 6.24. The van der Waals surface area contributed by atoms with E-state index in [0.717, 1.165) is 22.9 Å². The van der Waals surface area contributed by atoms with Gasteiger partial charge in [-0.05, 0) is 59.5 Å². The van der Waals surface area contributed by atoms with Crippen molar-refractivity contribution >= 4 is 22.9 Å². The highest BCUT2D eigenvalue weighted by atomic mass is 35.5. The summed E-state index contributed by atoms with van der Waals surface area (Å²) in [6.07, 6.45) is -0.542. The summed E-state index contributed by atoms with van der Waals surface area (Å²) in [5.41, 5.74) is 3.53. The Hall–Kier alpha value is -1.07. The fourth-order valence-electron chi connectivity index (χ4n) is 1.90. The number of hydrogen-bond donors (Lipinski definition) is 2. The van der Waals surface area contributed by atoms with Gasteiger partial charge in [0.05, 0.1) is 0 Å². The third kappa shape index (κ3) is 5.00. The standard InChI is InChI=1S/C16H20ClNO2S/c1-11-5-15(3-4-16(11)17)20-8-14(19)7-18-6-13-10-21-9-12(13)2/h3-5,9-10,14,18-19H,6-8H2,1-2H3. The second-order valence-electron chi connectivity index (χ2n) is 5.09. The Balaban J connectivity index is 1.71. The van der Waals surface area contributed by atoms with Gasteiger partial charge < -0.3 is 15.2 Å². The minimum atomic E-state index is -0.542. The lowest BCUT2D eigenvalue weighted by Gasteiger charge is -2.14. The molecule has 1 heterocycles. The van der Waals surface area contributed by atoms with Crippen LogP contribution in [0, 0.1) is 13.8 Å². The monoisotopic (exact) mass is 325 g/mol. The quantitative estimate of drug-likeness (QED) is 0.818. The molecular formula is C16H20ClNO2S. The number of rotatable bonds is 7. The van der Waals surface area contributed by atoms with Crippen molar-refractivity contribution in [2.45, 2.75) is 26.5 Å². The van der Waals surface area contributed by atoms with Gasteiger partial charge in [0.2, 0.25) is 0 Å². The summed E-state index contributed by atoms with van der Waals surface area (Å²) >= 11 is 7.66. The molecule has 1 atom stereocenters. The molecule has 0 aliphatic rings. The second kappa shape index (κ2) is 7.80. The van der Waals surface area contributed by atoms with Crippen LogP contribution in [0.3, 0.4) is 0 Å². The smallest absolute Gasteiger partial charge is 0.119 e. The van der Waals surface area contributed by atoms with Crippen LogP contribution in [0.25, 0.3) is 0 Å². The van der Waals surface area contributed by atoms with Gasteiger partial charge in [-0.25, -0.2) is 0 Å². The molecule has 0 saturated heterocycles. The zero-order valence-corrected chi connectivity index (χ0v) is 13.8. The molecule has 1 aromatic carbocycles. The van der Waals surface area contributed by atoms with E-state index in [0.29, 0.717) is 6.54 Å². The molecule has 0 saturated carbocycles. The summed E-state index contributed by atoms with van der Waals surface area (Å²) in [7, 11) is 0. The van der Waals surface area contributed by atoms with E-state index in [1.54, 1.807) is 17.4 Å². The molecular weight excluding hydrogens is 306 g/mol. The summed E-state index contributed by atoms with van der Waals surface area (Å²) in [5.74, 6) is 0.727. The minimum Gasteiger partial charge on any atom is -0.491 e.